The highest BCUT2D eigenvalue weighted by atomic mass is 79.9. The average molecular weight is 494 g/mol. The fourth-order valence-corrected chi connectivity index (χ4v) is 5.44. The van der Waals surface area contributed by atoms with Gasteiger partial charge in [-0.3, -0.25) is 9.69 Å². The Balaban J connectivity index is 2.15. The largest absolute Gasteiger partial charge is 0.275 e. The number of benzene rings is 1. The van der Waals surface area contributed by atoms with Crippen LogP contribution in [0.5, 0.6) is 0 Å². The van der Waals surface area contributed by atoms with Gasteiger partial charge < -0.3 is 0 Å². The number of hydrogen-bond donors (Lipinski definition) is 0. The molecule has 0 N–H and O–H groups in total. The molecule has 8 heteroatoms. The van der Waals surface area contributed by atoms with Crippen LogP contribution in [0.2, 0.25) is 0 Å². The van der Waals surface area contributed by atoms with E-state index in [0.29, 0.717) is 21.8 Å². The third-order valence-corrected chi connectivity index (χ3v) is 7.67. The second kappa shape index (κ2) is 5.76. The highest BCUT2D eigenvalue weighted by Crippen LogP contribution is 2.58. The normalized spacial score (nSPS) is 30.5. The first-order valence-corrected chi connectivity index (χ1v) is 9.47. The lowest BCUT2D eigenvalue weighted by Crippen LogP contribution is -2.40. The summed E-state index contributed by atoms with van der Waals surface area (Å²) in [6.07, 6.45) is 2.86. The minimum absolute atomic E-state index is 0.0273. The van der Waals surface area contributed by atoms with Gasteiger partial charge in [0.25, 0.3) is 5.91 Å². The van der Waals surface area contributed by atoms with E-state index in [1.165, 1.54) is 12.1 Å². The SMILES string of the molecule is O=C1N(c2cc(Br)c(Br)cc2F)C(Cl)(Cl)C2CCCCC12Cl. The van der Waals surface area contributed by atoms with Gasteiger partial charge in [-0.2, -0.15) is 0 Å². The third-order valence-electron chi connectivity index (χ3n) is 4.34. The summed E-state index contributed by atoms with van der Waals surface area (Å²) in [5, 5.41) is 0. The molecule has 0 aromatic heterocycles. The summed E-state index contributed by atoms with van der Waals surface area (Å²) >= 11 is 26.1. The van der Waals surface area contributed by atoms with Gasteiger partial charge in [0.05, 0.1) is 5.69 Å². The van der Waals surface area contributed by atoms with Gasteiger partial charge in [0.2, 0.25) is 4.46 Å². The van der Waals surface area contributed by atoms with Gasteiger partial charge in [-0.25, -0.2) is 4.39 Å². The maximum absolute atomic E-state index is 14.4. The summed E-state index contributed by atoms with van der Waals surface area (Å²) in [6.45, 7) is 0. The van der Waals surface area contributed by atoms with E-state index < -0.39 is 27.0 Å². The molecule has 1 saturated heterocycles. The number of anilines is 1. The molecule has 2 atom stereocenters. The number of carbonyl (C=O) groups is 1. The van der Waals surface area contributed by atoms with Gasteiger partial charge >= 0.3 is 0 Å². The maximum atomic E-state index is 14.4. The lowest BCUT2D eigenvalue weighted by Gasteiger charge is -2.35. The Bertz CT molecular complexity index is 657. The van der Waals surface area contributed by atoms with Gasteiger partial charge in [-0.05, 0) is 56.8 Å². The van der Waals surface area contributed by atoms with Crippen molar-refractivity contribution < 1.29 is 9.18 Å². The Hall–Kier alpha value is 0.450. The van der Waals surface area contributed by atoms with Gasteiger partial charge in [0.1, 0.15) is 10.7 Å². The Morgan fingerprint density at radius 1 is 1.18 bits per heavy atom. The lowest BCUT2D eigenvalue weighted by molar-refractivity contribution is -0.120. The molecule has 3 rings (SSSR count). The molecule has 1 aromatic rings. The first kappa shape index (κ1) is 17.3. The molecule has 2 unspecified atom stereocenters. The summed E-state index contributed by atoms with van der Waals surface area (Å²) in [4.78, 5) is 12.8. The summed E-state index contributed by atoms with van der Waals surface area (Å²) in [5.74, 6) is -1.46. The quantitative estimate of drug-likeness (QED) is 0.267. The van der Waals surface area contributed by atoms with Crippen LogP contribution in [0.15, 0.2) is 21.1 Å². The first-order valence-electron chi connectivity index (χ1n) is 6.75. The number of nitrogens with zero attached hydrogens (tertiary/aromatic N) is 1. The van der Waals surface area contributed by atoms with E-state index in [9.17, 15) is 9.18 Å². The maximum Gasteiger partial charge on any atom is 0.251 e. The van der Waals surface area contributed by atoms with Crippen LogP contribution >= 0.6 is 66.7 Å². The minimum atomic E-state index is -1.56. The van der Waals surface area contributed by atoms with Crippen LogP contribution < -0.4 is 4.90 Å². The van der Waals surface area contributed by atoms with Crippen LogP contribution in [0.4, 0.5) is 10.1 Å². The first-order chi connectivity index (χ1) is 10.2. The van der Waals surface area contributed by atoms with Crippen LogP contribution in [0.1, 0.15) is 25.7 Å². The smallest absolute Gasteiger partial charge is 0.251 e. The fraction of sp³-hybridized carbons (Fsp3) is 0.500. The lowest BCUT2D eigenvalue weighted by atomic mass is 9.80. The molecule has 2 fully saturated rings. The predicted octanol–water partition coefficient (Wildman–Crippen LogP) is 6.00. The number of carbonyl (C=O) groups excluding carboxylic acids is 1. The second-order valence-corrected chi connectivity index (χ2v) is 9.34. The topological polar surface area (TPSA) is 20.3 Å². The predicted molar refractivity (Wildman–Crippen MR) is 94.3 cm³/mol. The number of alkyl halides is 3. The Morgan fingerprint density at radius 2 is 1.82 bits per heavy atom. The molecule has 2 aliphatic rings. The molecule has 22 heavy (non-hydrogen) atoms. The Kier molecular flexibility index (Phi) is 4.53. The van der Waals surface area contributed by atoms with Crippen LogP contribution in [0.3, 0.4) is 0 Å². The molecule has 1 aromatic carbocycles. The average Bonchev–Trinajstić information content (AvgIpc) is 2.59. The van der Waals surface area contributed by atoms with E-state index >= 15 is 0 Å². The van der Waals surface area contributed by atoms with E-state index in [0.717, 1.165) is 17.7 Å². The molecule has 120 valence electrons. The van der Waals surface area contributed by atoms with Gasteiger partial charge in [-0.15, -0.1) is 11.6 Å². The summed E-state index contributed by atoms with van der Waals surface area (Å²) in [5.41, 5.74) is 0.0273. The molecular formula is C14H11Br2Cl3FNO. The molecule has 1 aliphatic carbocycles. The molecule has 0 bridgehead atoms. The van der Waals surface area contributed by atoms with Crippen LogP contribution in [0.25, 0.3) is 0 Å². The van der Waals surface area contributed by atoms with Crippen molar-refractivity contribution in [2.45, 2.75) is 35.0 Å². The number of rotatable bonds is 1. The van der Waals surface area contributed by atoms with Crippen molar-refractivity contribution in [3.63, 3.8) is 0 Å². The van der Waals surface area contributed by atoms with Crippen molar-refractivity contribution >= 4 is 78.3 Å². The molecule has 1 aliphatic heterocycles. The van der Waals surface area contributed by atoms with Crippen LogP contribution in [-0.2, 0) is 4.79 Å². The molecule has 1 saturated carbocycles. The monoisotopic (exact) mass is 491 g/mol. The van der Waals surface area contributed by atoms with Crippen molar-refractivity contribution in [3.05, 3.63) is 26.9 Å². The van der Waals surface area contributed by atoms with Crippen molar-refractivity contribution in [2.24, 2.45) is 5.92 Å². The summed E-state index contributed by atoms with van der Waals surface area (Å²) < 4.78 is 14.0. The van der Waals surface area contributed by atoms with Gasteiger partial charge in [0, 0.05) is 14.9 Å². The van der Waals surface area contributed by atoms with Gasteiger partial charge in [-0.1, -0.05) is 36.0 Å². The molecular weight excluding hydrogens is 483 g/mol. The van der Waals surface area contributed by atoms with E-state index in [4.69, 9.17) is 34.8 Å². The number of halogens is 6. The Morgan fingerprint density at radius 3 is 2.45 bits per heavy atom. The summed E-state index contributed by atoms with van der Waals surface area (Å²) in [7, 11) is 0. The van der Waals surface area contributed by atoms with E-state index in [1.807, 2.05) is 0 Å². The molecule has 1 heterocycles. The highest BCUT2D eigenvalue weighted by Gasteiger charge is 2.66. The zero-order valence-corrected chi connectivity index (χ0v) is 16.6. The zero-order valence-electron chi connectivity index (χ0n) is 11.2. The van der Waals surface area contributed by atoms with Gasteiger partial charge in [0.15, 0.2) is 0 Å². The number of fused-ring (bicyclic) bond motifs is 1. The van der Waals surface area contributed by atoms with Crippen molar-refractivity contribution in [2.75, 3.05) is 4.90 Å². The standard InChI is InChI=1S/C14H11Br2Cl3FNO/c15-7-5-9(20)10(6-8(7)16)21-12(22)13(17)4-2-1-3-11(13)14(21,18)19/h5-6,11H,1-4H2. The molecule has 0 spiro atoms. The van der Waals surface area contributed by atoms with Crippen molar-refractivity contribution in [1.29, 1.82) is 0 Å². The molecule has 0 radical (unpaired) electrons. The van der Waals surface area contributed by atoms with Crippen LogP contribution in [-0.4, -0.2) is 15.2 Å². The van der Waals surface area contributed by atoms with Crippen molar-refractivity contribution in [1.82, 2.24) is 0 Å². The number of amides is 1. The zero-order chi connectivity index (χ0) is 16.3. The second-order valence-electron chi connectivity index (χ2n) is 5.61. The highest BCUT2D eigenvalue weighted by molar-refractivity contribution is 9.13. The fourth-order valence-electron chi connectivity index (χ4n) is 3.27. The minimum Gasteiger partial charge on any atom is -0.275 e. The summed E-state index contributed by atoms with van der Waals surface area (Å²) in [6, 6.07) is 2.74. The molecule has 1 amide bonds. The Labute approximate surface area is 159 Å². The third kappa shape index (κ3) is 2.43. The molecule has 2 nitrogen and oxygen atoms in total. The van der Waals surface area contributed by atoms with Crippen molar-refractivity contribution in [3.8, 4) is 0 Å². The van der Waals surface area contributed by atoms with Crippen LogP contribution in [0, 0.1) is 11.7 Å². The number of hydrogen-bond acceptors (Lipinski definition) is 1. The van der Waals surface area contributed by atoms with E-state index in [-0.39, 0.29) is 5.69 Å². The van der Waals surface area contributed by atoms with E-state index in [2.05, 4.69) is 31.9 Å². The van der Waals surface area contributed by atoms with E-state index in [1.54, 1.807) is 0 Å².